The summed E-state index contributed by atoms with van der Waals surface area (Å²) in [5.41, 5.74) is 2.21. The maximum absolute atomic E-state index is 10.5. The SMILES string of the molecule is Cc1ccc(S(=O)(=O)O)cc1.O=CNO. The minimum atomic E-state index is -4.02. The van der Waals surface area contributed by atoms with Crippen LogP contribution in [0.4, 0.5) is 0 Å². The molecule has 0 aliphatic heterocycles. The summed E-state index contributed by atoms with van der Waals surface area (Å²) in [7, 11) is -4.02. The molecule has 0 unspecified atom stereocenters. The van der Waals surface area contributed by atoms with E-state index in [1.165, 1.54) is 17.6 Å². The smallest absolute Gasteiger partial charge is 0.289 e. The predicted octanol–water partition coefficient (Wildman–Crippen LogP) is 0.363. The van der Waals surface area contributed by atoms with Crippen LogP contribution in [-0.4, -0.2) is 24.6 Å². The first-order valence-electron chi connectivity index (χ1n) is 3.79. The van der Waals surface area contributed by atoms with Gasteiger partial charge in [-0.3, -0.25) is 14.6 Å². The molecular formula is C8H11NO5S. The number of rotatable bonds is 2. The van der Waals surface area contributed by atoms with E-state index in [4.69, 9.17) is 14.6 Å². The van der Waals surface area contributed by atoms with Crippen molar-refractivity contribution >= 4 is 16.5 Å². The van der Waals surface area contributed by atoms with Crippen LogP contribution in [0.3, 0.4) is 0 Å². The van der Waals surface area contributed by atoms with Gasteiger partial charge < -0.3 is 0 Å². The highest BCUT2D eigenvalue weighted by Crippen LogP contribution is 2.08. The second-order valence-electron chi connectivity index (χ2n) is 2.54. The third-order valence-electron chi connectivity index (χ3n) is 1.37. The number of carbonyl (C=O) groups excluding carboxylic acids is 1. The molecule has 0 aliphatic carbocycles. The van der Waals surface area contributed by atoms with Gasteiger partial charge in [-0.25, -0.2) is 5.48 Å². The molecule has 0 radical (unpaired) electrons. The summed E-state index contributed by atoms with van der Waals surface area (Å²) in [4.78, 5) is 8.75. The van der Waals surface area contributed by atoms with E-state index < -0.39 is 10.1 Å². The number of hydrogen-bond acceptors (Lipinski definition) is 4. The minimum absolute atomic E-state index is 0.0666. The van der Waals surface area contributed by atoms with Crippen LogP contribution in [0.5, 0.6) is 0 Å². The molecule has 0 bridgehead atoms. The van der Waals surface area contributed by atoms with E-state index in [0.717, 1.165) is 5.56 Å². The first-order chi connectivity index (χ1) is 6.91. The topological polar surface area (TPSA) is 104 Å². The van der Waals surface area contributed by atoms with Crippen molar-refractivity contribution in [3.8, 4) is 0 Å². The second kappa shape index (κ2) is 6.12. The molecule has 1 amide bonds. The number of hydroxylamine groups is 1. The van der Waals surface area contributed by atoms with Crippen LogP contribution in [0.1, 0.15) is 5.56 Å². The van der Waals surface area contributed by atoms with Crippen LogP contribution in [0.15, 0.2) is 29.2 Å². The lowest BCUT2D eigenvalue weighted by Crippen LogP contribution is -1.99. The lowest BCUT2D eigenvalue weighted by atomic mass is 10.2. The van der Waals surface area contributed by atoms with Gasteiger partial charge in [0.15, 0.2) is 0 Å². The molecule has 15 heavy (non-hydrogen) atoms. The monoisotopic (exact) mass is 233 g/mol. The molecule has 0 saturated heterocycles. The zero-order chi connectivity index (χ0) is 11.9. The maximum atomic E-state index is 10.5. The van der Waals surface area contributed by atoms with Gasteiger partial charge in [0.1, 0.15) is 0 Å². The summed E-state index contributed by atoms with van der Waals surface area (Å²) >= 11 is 0. The summed E-state index contributed by atoms with van der Waals surface area (Å²) in [5.74, 6) is 0. The molecular weight excluding hydrogens is 222 g/mol. The Morgan fingerprint density at radius 1 is 1.27 bits per heavy atom. The highest BCUT2D eigenvalue weighted by atomic mass is 32.2. The highest BCUT2D eigenvalue weighted by Gasteiger charge is 2.06. The number of carbonyl (C=O) groups is 1. The van der Waals surface area contributed by atoms with E-state index >= 15 is 0 Å². The van der Waals surface area contributed by atoms with Crippen LogP contribution < -0.4 is 5.48 Å². The number of benzene rings is 1. The van der Waals surface area contributed by atoms with E-state index in [0.29, 0.717) is 0 Å². The fourth-order valence-electron chi connectivity index (χ4n) is 0.710. The molecule has 0 spiro atoms. The van der Waals surface area contributed by atoms with Crippen LogP contribution in [0.2, 0.25) is 0 Å². The van der Waals surface area contributed by atoms with E-state index in [1.807, 2.05) is 6.92 Å². The third kappa shape index (κ3) is 5.78. The van der Waals surface area contributed by atoms with E-state index in [9.17, 15) is 8.42 Å². The average Bonchev–Trinajstić information content (AvgIpc) is 2.17. The van der Waals surface area contributed by atoms with Gasteiger partial charge in [0, 0.05) is 0 Å². The summed E-state index contributed by atoms with van der Waals surface area (Å²) in [6, 6.07) is 5.99. The fourth-order valence-corrected chi connectivity index (χ4v) is 1.19. The maximum Gasteiger partial charge on any atom is 0.294 e. The Morgan fingerprint density at radius 3 is 1.93 bits per heavy atom. The second-order valence-corrected chi connectivity index (χ2v) is 3.96. The molecule has 1 rings (SSSR count). The van der Waals surface area contributed by atoms with Crippen molar-refractivity contribution in [1.29, 1.82) is 0 Å². The van der Waals surface area contributed by atoms with E-state index in [-0.39, 0.29) is 11.3 Å². The van der Waals surface area contributed by atoms with Gasteiger partial charge in [-0.1, -0.05) is 17.7 Å². The molecule has 0 aromatic heterocycles. The quantitative estimate of drug-likeness (QED) is 0.296. The van der Waals surface area contributed by atoms with Crippen molar-refractivity contribution in [3.05, 3.63) is 29.8 Å². The average molecular weight is 233 g/mol. The molecule has 1 aromatic carbocycles. The molecule has 0 heterocycles. The van der Waals surface area contributed by atoms with E-state index in [2.05, 4.69) is 0 Å². The lowest BCUT2D eigenvalue weighted by Gasteiger charge is -1.95. The van der Waals surface area contributed by atoms with Crippen LogP contribution in [-0.2, 0) is 14.9 Å². The molecule has 6 nitrogen and oxygen atoms in total. The third-order valence-corrected chi connectivity index (χ3v) is 2.24. The van der Waals surface area contributed by atoms with Gasteiger partial charge in [-0.2, -0.15) is 8.42 Å². The summed E-state index contributed by atoms with van der Waals surface area (Å²) < 4.78 is 29.6. The molecule has 3 N–H and O–H groups in total. The molecule has 0 fully saturated rings. The summed E-state index contributed by atoms with van der Waals surface area (Å²) in [6.45, 7) is 1.84. The minimum Gasteiger partial charge on any atom is -0.289 e. The van der Waals surface area contributed by atoms with Crippen molar-refractivity contribution in [3.63, 3.8) is 0 Å². The predicted molar refractivity (Wildman–Crippen MR) is 52.0 cm³/mol. The number of aryl methyl sites for hydroxylation is 1. The van der Waals surface area contributed by atoms with Gasteiger partial charge in [0.2, 0.25) is 6.41 Å². The van der Waals surface area contributed by atoms with Gasteiger partial charge >= 0.3 is 0 Å². The Balaban J connectivity index is 0.000000423. The number of nitrogens with one attached hydrogen (secondary N) is 1. The summed E-state index contributed by atoms with van der Waals surface area (Å²) in [6.07, 6.45) is 0.181. The van der Waals surface area contributed by atoms with Gasteiger partial charge in [0.25, 0.3) is 10.1 Å². The van der Waals surface area contributed by atoms with Crippen molar-refractivity contribution < 1.29 is 23.0 Å². The molecule has 0 aliphatic rings. The van der Waals surface area contributed by atoms with Crippen LogP contribution >= 0.6 is 0 Å². The molecule has 1 aromatic rings. The highest BCUT2D eigenvalue weighted by molar-refractivity contribution is 7.85. The Bertz CT molecular complexity index is 398. The largest absolute Gasteiger partial charge is 0.294 e. The molecule has 84 valence electrons. The normalized spacial score (nSPS) is 9.80. The Morgan fingerprint density at radius 2 is 1.67 bits per heavy atom. The zero-order valence-corrected chi connectivity index (χ0v) is 8.73. The van der Waals surface area contributed by atoms with Gasteiger partial charge in [-0.05, 0) is 19.1 Å². The number of hydrogen-bond donors (Lipinski definition) is 3. The molecule has 0 atom stereocenters. The fraction of sp³-hybridized carbons (Fsp3) is 0.125. The standard InChI is InChI=1S/C7H8O3S.CH3NO2/c1-6-2-4-7(5-3-6)11(8,9)10;3-1-2-4/h2-5H,1H3,(H,8,9,10);1,4H,(H,2,3). The van der Waals surface area contributed by atoms with Crippen molar-refractivity contribution in [1.82, 2.24) is 5.48 Å². The number of amides is 1. The molecule has 7 heteroatoms. The zero-order valence-electron chi connectivity index (χ0n) is 7.91. The van der Waals surface area contributed by atoms with Crippen molar-refractivity contribution in [2.24, 2.45) is 0 Å². The van der Waals surface area contributed by atoms with Crippen LogP contribution in [0.25, 0.3) is 0 Å². The molecule has 0 saturated carbocycles. The Kier molecular flexibility index (Phi) is 5.53. The van der Waals surface area contributed by atoms with Crippen LogP contribution in [0, 0.1) is 6.92 Å². The van der Waals surface area contributed by atoms with Crippen molar-refractivity contribution in [2.45, 2.75) is 11.8 Å². The van der Waals surface area contributed by atoms with Gasteiger partial charge in [0.05, 0.1) is 4.90 Å². The van der Waals surface area contributed by atoms with Crippen molar-refractivity contribution in [2.75, 3.05) is 0 Å². The first-order valence-corrected chi connectivity index (χ1v) is 5.23. The Hall–Kier alpha value is -1.44. The van der Waals surface area contributed by atoms with Gasteiger partial charge in [-0.15, -0.1) is 0 Å². The lowest BCUT2D eigenvalue weighted by molar-refractivity contribution is -0.116. The first kappa shape index (κ1) is 13.6. The Labute approximate surface area is 87.3 Å². The van der Waals surface area contributed by atoms with E-state index in [1.54, 1.807) is 12.1 Å². The summed E-state index contributed by atoms with van der Waals surface area (Å²) in [5, 5.41) is 7.26.